The van der Waals surface area contributed by atoms with Gasteiger partial charge in [0.05, 0.1) is 23.0 Å². The monoisotopic (exact) mass is 335 g/mol. The number of hydrogen-bond acceptors (Lipinski definition) is 4. The van der Waals surface area contributed by atoms with Crippen LogP contribution in [0.4, 0.5) is 0 Å². The van der Waals surface area contributed by atoms with E-state index < -0.39 is 5.60 Å². The van der Waals surface area contributed by atoms with Crippen molar-refractivity contribution in [3.05, 3.63) is 69.3 Å². The van der Waals surface area contributed by atoms with Gasteiger partial charge in [-0.15, -0.1) is 0 Å². The van der Waals surface area contributed by atoms with Crippen molar-refractivity contribution in [3.63, 3.8) is 0 Å². The van der Waals surface area contributed by atoms with Crippen molar-refractivity contribution in [1.29, 1.82) is 5.26 Å². The number of nitriles is 1. The maximum atomic E-state index is 12.6. The molecule has 1 aliphatic rings. The van der Waals surface area contributed by atoms with Gasteiger partial charge in [0.25, 0.3) is 5.56 Å². The lowest BCUT2D eigenvalue weighted by Gasteiger charge is -2.40. The number of nitrogens with zero attached hydrogens (tertiary/aromatic N) is 3. The van der Waals surface area contributed by atoms with Crippen LogP contribution in [0, 0.1) is 18.3 Å². The molecule has 2 aromatic rings. The van der Waals surface area contributed by atoms with Crippen molar-refractivity contribution >= 4 is 5.70 Å². The molecular weight excluding hydrogens is 314 g/mol. The standard InChI is InChI=1S/C20H21N3O2/c1-13-14(12-21)9-10-15-17(13)18(23-11-7-6-8-16(23)24)19(22(4)5)20(2,3)25-15/h6-11H,1-5H3. The number of benzene rings is 1. The molecule has 0 spiro atoms. The van der Waals surface area contributed by atoms with Gasteiger partial charge in [0.15, 0.2) is 0 Å². The number of pyridine rings is 1. The summed E-state index contributed by atoms with van der Waals surface area (Å²) in [6.45, 7) is 5.85. The Morgan fingerprint density at radius 3 is 2.52 bits per heavy atom. The smallest absolute Gasteiger partial charge is 0.255 e. The van der Waals surface area contributed by atoms with Crippen LogP contribution in [0.15, 0.2) is 47.0 Å². The molecule has 5 heteroatoms. The SMILES string of the molecule is Cc1c(C#N)ccc2c1C(n1ccccc1=O)=C(N(C)C)C(C)(C)O2. The summed E-state index contributed by atoms with van der Waals surface area (Å²) >= 11 is 0. The maximum Gasteiger partial charge on any atom is 0.255 e. The van der Waals surface area contributed by atoms with Crippen molar-refractivity contribution in [2.45, 2.75) is 26.4 Å². The predicted octanol–water partition coefficient (Wildman–Crippen LogP) is 2.98. The average molecular weight is 335 g/mol. The first-order valence-electron chi connectivity index (χ1n) is 8.11. The molecular formula is C20H21N3O2. The Morgan fingerprint density at radius 2 is 1.92 bits per heavy atom. The molecule has 5 nitrogen and oxygen atoms in total. The molecule has 0 atom stereocenters. The molecule has 1 aromatic carbocycles. The van der Waals surface area contributed by atoms with Gasteiger partial charge in [-0.3, -0.25) is 9.36 Å². The normalized spacial score (nSPS) is 15.2. The Kier molecular flexibility index (Phi) is 3.92. The zero-order chi connectivity index (χ0) is 18.4. The summed E-state index contributed by atoms with van der Waals surface area (Å²) in [7, 11) is 3.87. The Hall–Kier alpha value is -3.00. The lowest BCUT2D eigenvalue weighted by Crippen LogP contribution is -2.43. The van der Waals surface area contributed by atoms with Gasteiger partial charge < -0.3 is 9.64 Å². The first-order chi connectivity index (χ1) is 11.8. The van der Waals surface area contributed by atoms with E-state index >= 15 is 0 Å². The highest BCUT2D eigenvalue weighted by molar-refractivity contribution is 5.79. The van der Waals surface area contributed by atoms with Gasteiger partial charge in [-0.1, -0.05) is 6.07 Å². The quantitative estimate of drug-likeness (QED) is 0.846. The summed E-state index contributed by atoms with van der Waals surface area (Å²) in [5.41, 5.74) is 3.06. The Morgan fingerprint density at radius 1 is 1.20 bits per heavy atom. The largest absolute Gasteiger partial charge is 0.481 e. The number of fused-ring (bicyclic) bond motifs is 1. The highest BCUT2D eigenvalue weighted by Gasteiger charge is 2.38. The van der Waals surface area contributed by atoms with E-state index in [9.17, 15) is 10.1 Å². The fourth-order valence-corrected chi connectivity index (χ4v) is 3.51. The molecule has 128 valence electrons. The number of aromatic nitrogens is 1. The number of rotatable bonds is 2. The Bertz CT molecular complexity index is 975. The van der Waals surface area contributed by atoms with Crippen LogP contribution in [-0.4, -0.2) is 29.2 Å². The van der Waals surface area contributed by atoms with E-state index in [0.717, 1.165) is 22.5 Å². The second-order valence-electron chi connectivity index (χ2n) is 6.84. The van der Waals surface area contributed by atoms with Crippen molar-refractivity contribution in [1.82, 2.24) is 9.47 Å². The number of hydrogen-bond donors (Lipinski definition) is 0. The molecule has 0 N–H and O–H groups in total. The zero-order valence-corrected chi connectivity index (χ0v) is 15.1. The predicted molar refractivity (Wildman–Crippen MR) is 97.3 cm³/mol. The molecule has 1 aliphatic heterocycles. The van der Waals surface area contributed by atoms with Crippen LogP contribution in [0.1, 0.15) is 30.5 Å². The van der Waals surface area contributed by atoms with Crippen LogP contribution >= 0.6 is 0 Å². The van der Waals surface area contributed by atoms with Crippen LogP contribution in [0.5, 0.6) is 5.75 Å². The molecule has 0 radical (unpaired) electrons. The third-order valence-corrected chi connectivity index (χ3v) is 4.45. The molecule has 0 bridgehead atoms. The second-order valence-corrected chi connectivity index (χ2v) is 6.84. The fraction of sp³-hybridized carbons (Fsp3) is 0.300. The second kappa shape index (κ2) is 5.82. The molecule has 0 unspecified atom stereocenters. The molecule has 1 aromatic heterocycles. The van der Waals surface area contributed by atoms with Crippen molar-refractivity contribution in [2.24, 2.45) is 0 Å². The molecule has 0 aliphatic carbocycles. The zero-order valence-electron chi connectivity index (χ0n) is 15.1. The van der Waals surface area contributed by atoms with Gasteiger partial charge in [0.1, 0.15) is 11.4 Å². The van der Waals surface area contributed by atoms with Crippen LogP contribution in [0.2, 0.25) is 0 Å². The highest BCUT2D eigenvalue weighted by atomic mass is 16.5. The van der Waals surface area contributed by atoms with Crippen LogP contribution < -0.4 is 10.3 Å². The van der Waals surface area contributed by atoms with E-state index in [1.807, 2.05) is 51.9 Å². The first kappa shape index (κ1) is 16.8. The van der Waals surface area contributed by atoms with Gasteiger partial charge in [-0.05, 0) is 44.5 Å². The molecule has 0 fully saturated rings. The summed E-state index contributed by atoms with van der Waals surface area (Å²) in [5, 5.41) is 9.42. The highest BCUT2D eigenvalue weighted by Crippen LogP contribution is 2.43. The van der Waals surface area contributed by atoms with E-state index in [0.29, 0.717) is 11.3 Å². The molecule has 0 saturated heterocycles. The summed E-state index contributed by atoms with van der Waals surface area (Å²) in [6.07, 6.45) is 1.75. The minimum atomic E-state index is -0.623. The van der Waals surface area contributed by atoms with Gasteiger partial charge in [-0.25, -0.2) is 0 Å². The van der Waals surface area contributed by atoms with Crippen LogP contribution in [-0.2, 0) is 0 Å². The van der Waals surface area contributed by atoms with Gasteiger partial charge >= 0.3 is 0 Å². The lowest BCUT2D eigenvalue weighted by molar-refractivity contribution is 0.115. The van der Waals surface area contributed by atoms with E-state index in [1.165, 1.54) is 6.07 Å². The Balaban J connectivity index is 2.50. The van der Waals surface area contributed by atoms with Crippen LogP contribution in [0.3, 0.4) is 0 Å². The maximum absolute atomic E-state index is 12.6. The van der Waals surface area contributed by atoms with Crippen molar-refractivity contribution in [3.8, 4) is 11.8 Å². The number of ether oxygens (including phenoxy) is 1. The molecule has 2 heterocycles. The average Bonchev–Trinajstić information content (AvgIpc) is 2.53. The van der Waals surface area contributed by atoms with Crippen molar-refractivity contribution in [2.75, 3.05) is 14.1 Å². The molecule has 0 saturated carbocycles. The Labute approximate surface area is 147 Å². The molecule has 25 heavy (non-hydrogen) atoms. The molecule has 3 rings (SSSR count). The van der Waals surface area contributed by atoms with Crippen molar-refractivity contribution < 1.29 is 4.74 Å². The van der Waals surface area contributed by atoms with E-state index in [1.54, 1.807) is 22.9 Å². The van der Waals surface area contributed by atoms with Gasteiger partial charge in [-0.2, -0.15) is 5.26 Å². The topological polar surface area (TPSA) is 58.3 Å². The summed E-state index contributed by atoms with van der Waals surface area (Å²) < 4.78 is 7.87. The van der Waals surface area contributed by atoms with E-state index in [4.69, 9.17) is 4.74 Å². The summed E-state index contributed by atoms with van der Waals surface area (Å²) in [6, 6.07) is 10.9. The molecule has 0 amide bonds. The first-order valence-corrected chi connectivity index (χ1v) is 8.11. The minimum Gasteiger partial charge on any atom is -0.481 e. The van der Waals surface area contributed by atoms with Gasteiger partial charge in [0, 0.05) is 31.9 Å². The number of likely N-dealkylation sites (N-methyl/N-ethyl adjacent to an activating group) is 1. The minimum absolute atomic E-state index is 0.123. The van der Waals surface area contributed by atoms with E-state index in [-0.39, 0.29) is 5.56 Å². The third kappa shape index (κ3) is 2.60. The summed E-state index contributed by atoms with van der Waals surface area (Å²) in [4.78, 5) is 14.5. The lowest BCUT2D eigenvalue weighted by atomic mass is 9.90. The summed E-state index contributed by atoms with van der Waals surface area (Å²) in [5.74, 6) is 0.679. The third-order valence-electron chi connectivity index (χ3n) is 4.45. The van der Waals surface area contributed by atoms with E-state index in [2.05, 4.69) is 6.07 Å². The van der Waals surface area contributed by atoms with Gasteiger partial charge in [0.2, 0.25) is 0 Å². The fourth-order valence-electron chi connectivity index (χ4n) is 3.51. The van der Waals surface area contributed by atoms with Crippen LogP contribution in [0.25, 0.3) is 5.70 Å².